The van der Waals surface area contributed by atoms with Gasteiger partial charge in [-0.3, -0.25) is 9.59 Å². The van der Waals surface area contributed by atoms with E-state index in [9.17, 15) is 9.59 Å². The fraction of sp³-hybridized carbons (Fsp3) is 0.263. The average molecular weight is 373 g/mol. The van der Waals surface area contributed by atoms with Crippen molar-refractivity contribution in [1.29, 1.82) is 0 Å². The maximum atomic E-state index is 12.0. The molecule has 2 aromatic rings. The first kappa shape index (κ1) is 18.1. The predicted octanol–water partition coefficient (Wildman–Crippen LogP) is 3.12. The molecule has 0 aromatic heterocycles. The molecule has 0 radical (unpaired) electrons. The van der Waals surface area contributed by atoms with Crippen molar-refractivity contribution in [3.63, 3.8) is 0 Å². The number of benzene rings is 2. The zero-order valence-corrected chi connectivity index (χ0v) is 14.9. The highest BCUT2D eigenvalue weighted by Gasteiger charge is 2.13. The maximum absolute atomic E-state index is 12.0. The Morgan fingerprint density at radius 1 is 1.04 bits per heavy atom. The quantitative estimate of drug-likeness (QED) is 0.619. The number of carbonyl (C=O) groups excluding carboxylic acids is 2. The third-order valence-electron chi connectivity index (χ3n) is 3.50. The van der Waals surface area contributed by atoms with Crippen LogP contribution in [-0.4, -0.2) is 37.4 Å². The Kier molecular flexibility index (Phi) is 6.38. The minimum absolute atomic E-state index is 0.154. The molecule has 1 aliphatic rings. The normalized spacial score (nSPS) is 12.8. The van der Waals surface area contributed by atoms with E-state index in [1.807, 2.05) is 30.3 Å². The molecule has 1 heterocycles. The van der Waals surface area contributed by atoms with Crippen molar-refractivity contribution < 1.29 is 23.8 Å². The van der Waals surface area contributed by atoms with E-state index in [0.717, 1.165) is 11.3 Å². The van der Waals surface area contributed by atoms with Crippen molar-refractivity contribution in [2.45, 2.75) is 11.3 Å². The van der Waals surface area contributed by atoms with Crippen molar-refractivity contribution in [2.24, 2.45) is 0 Å². The van der Waals surface area contributed by atoms with Crippen LogP contribution < -0.4 is 14.8 Å². The zero-order valence-electron chi connectivity index (χ0n) is 14.1. The second-order valence-corrected chi connectivity index (χ2v) is 6.57. The van der Waals surface area contributed by atoms with Crippen molar-refractivity contribution in [3.05, 3.63) is 48.5 Å². The molecule has 1 N–H and O–H groups in total. The molecule has 0 unspecified atom stereocenters. The van der Waals surface area contributed by atoms with Crippen LogP contribution in [0.2, 0.25) is 0 Å². The van der Waals surface area contributed by atoms with E-state index in [1.54, 1.807) is 18.2 Å². The molecule has 0 saturated heterocycles. The van der Waals surface area contributed by atoms with Gasteiger partial charge in [-0.2, -0.15) is 0 Å². The minimum Gasteiger partial charge on any atom is -0.490 e. The minimum atomic E-state index is -0.437. The van der Waals surface area contributed by atoms with E-state index in [1.165, 1.54) is 11.8 Å². The molecular weight excluding hydrogens is 354 g/mol. The van der Waals surface area contributed by atoms with E-state index in [0.29, 0.717) is 30.4 Å². The summed E-state index contributed by atoms with van der Waals surface area (Å²) in [6.45, 7) is 0.847. The van der Waals surface area contributed by atoms with Crippen LogP contribution in [0.25, 0.3) is 0 Å². The van der Waals surface area contributed by atoms with Crippen LogP contribution in [0.5, 0.6) is 11.5 Å². The zero-order chi connectivity index (χ0) is 18.2. The summed E-state index contributed by atoms with van der Waals surface area (Å²) in [7, 11) is 0. The van der Waals surface area contributed by atoms with Crippen LogP contribution in [0.1, 0.15) is 6.42 Å². The standard InChI is InChI=1S/C19H19NO5S/c21-18(12-25-19(22)13-26-15-5-2-1-3-6-15)20-14-7-8-16-17(11-14)24-10-4-9-23-16/h1-3,5-8,11H,4,9-10,12-13H2,(H,20,21). The molecule has 0 bridgehead atoms. The van der Waals surface area contributed by atoms with Gasteiger partial charge in [0, 0.05) is 23.1 Å². The Morgan fingerprint density at radius 2 is 1.81 bits per heavy atom. The Bertz CT molecular complexity index is 766. The lowest BCUT2D eigenvalue weighted by Gasteiger charge is -2.10. The Labute approximate surface area is 155 Å². The lowest BCUT2D eigenvalue weighted by molar-refractivity contribution is -0.144. The molecule has 0 atom stereocenters. The molecule has 7 heteroatoms. The van der Waals surface area contributed by atoms with Gasteiger partial charge in [-0.15, -0.1) is 11.8 Å². The van der Waals surface area contributed by atoms with E-state index in [-0.39, 0.29) is 12.4 Å². The monoisotopic (exact) mass is 373 g/mol. The number of carbonyl (C=O) groups is 2. The summed E-state index contributed by atoms with van der Waals surface area (Å²) in [6.07, 6.45) is 0.813. The Hall–Kier alpha value is -2.67. The van der Waals surface area contributed by atoms with Crippen LogP contribution in [0.3, 0.4) is 0 Å². The van der Waals surface area contributed by atoms with Crippen LogP contribution in [0.15, 0.2) is 53.4 Å². The van der Waals surface area contributed by atoms with Gasteiger partial charge in [-0.05, 0) is 24.3 Å². The molecule has 6 nitrogen and oxygen atoms in total. The van der Waals surface area contributed by atoms with E-state index in [4.69, 9.17) is 14.2 Å². The highest BCUT2D eigenvalue weighted by Crippen LogP contribution is 2.32. The van der Waals surface area contributed by atoms with Gasteiger partial charge in [-0.1, -0.05) is 18.2 Å². The van der Waals surface area contributed by atoms with Crippen molar-refractivity contribution in [2.75, 3.05) is 30.9 Å². The molecule has 0 saturated carbocycles. The third kappa shape index (κ3) is 5.42. The summed E-state index contributed by atoms with van der Waals surface area (Å²) in [5.74, 6) is 0.563. The fourth-order valence-electron chi connectivity index (χ4n) is 2.28. The largest absolute Gasteiger partial charge is 0.490 e. The summed E-state index contributed by atoms with van der Waals surface area (Å²) in [5.41, 5.74) is 0.564. The smallest absolute Gasteiger partial charge is 0.316 e. The summed E-state index contributed by atoms with van der Waals surface area (Å²) in [5, 5.41) is 2.68. The second kappa shape index (κ2) is 9.15. The van der Waals surface area contributed by atoms with Gasteiger partial charge in [0.25, 0.3) is 5.91 Å². The Balaban J connectivity index is 1.44. The van der Waals surface area contributed by atoms with Crippen molar-refractivity contribution >= 4 is 29.3 Å². The topological polar surface area (TPSA) is 73.9 Å². The number of amides is 1. The molecule has 136 valence electrons. The first-order valence-electron chi connectivity index (χ1n) is 8.24. The van der Waals surface area contributed by atoms with Crippen LogP contribution in [0.4, 0.5) is 5.69 Å². The van der Waals surface area contributed by atoms with Crippen LogP contribution in [-0.2, 0) is 14.3 Å². The number of ether oxygens (including phenoxy) is 3. The molecule has 2 aromatic carbocycles. The number of hydrogen-bond donors (Lipinski definition) is 1. The lowest BCUT2D eigenvalue weighted by atomic mass is 10.2. The number of fused-ring (bicyclic) bond motifs is 1. The van der Waals surface area contributed by atoms with E-state index < -0.39 is 11.9 Å². The van der Waals surface area contributed by atoms with Crippen LogP contribution >= 0.6 is 11.8 Å². The SMILES string of the molecule is O=C(COC(=O)CSc1ccccc1)Nc1ccc2c(c1)OCCCO2. The number of anilines is 1. The van der Waals surface area contributed by atoms with Crippen LogP contribution in [0, 0.1) is 0 Å². The molecule has 1 aliphatic heterocycles. The summed E-state index contributed by atoms with van der Waals surface area (Å²) in [6, 6.07) is 14.7. The molecule has 0 aliphatic carbocycles. The predicted molar refractivity (Wildman–Crippen MR) is 98.8 cm³/mol. The summed E-state index contributed by atoms with van der Waals surface area (Å²) < 4.78 is 16.1. The van der Waals surface area contributed by atoms with Gasteiger partial charge >= 0.3 is 5.97 Å². The second-order valence-electron chi connectivity index (χ2n) is 5.52. The van der Waals surface area contributed by atoms with Crippen molar-refractivity contribution in [3.8, 4) is 11.5 Å². The highest BCUT2D eigenvalue weighted by molar-refractivity contribution is 8.00. The first-order chi connectivity index (χ1) is 12.7. The average Bonchev–Trinajstić information content (AvgIpc) is 2.90. The highest BCUT2D eigenvalue weighted by atomic mass is 32.2. The van der Waals surface area contributed by atoms with Crippen molar-refractivity contribution in [1.82, 2.24) is 0 Å². The molecule has 3 rings (SSSR count). The Morgan fingerprint density at radius 3 is 2.62 bits per heavy atom. The summed E-state index contributed by atoms with van der Waals surface area (Å²) >= 11 is 1.36. The van der Waals surface area contributed by atoms with Gasteiger partial charge in [-0.25, -0.2) is 0 Å². The van der Waals surface area contributed by atoms with E-state index >= 15 is 0 Å². The van der Waals surface area contributed by atoms with E-state index in [2.05, 4.69) is 5.32 Å². The fourth-order valence-corrected chi connectivity index (χ4v) is 3.00. The molecule has 26 heavy (non-hydrogen) atoms. The number of thioether (sulfide) groups is 1. The van der Waals surface area contributed by atoms with Gasteiger partial charge in [0.2, 0.25) is 0 Å². The van der Waals surface area contributed by atoms with Gasteiger partial charge in [0.15, 0.2) is 18.1 Å². The molecular formula is C19H19NO5S. The number of hydrogen-bond acceptors (Lipinski definition) is 6. The van der Waals surface area contributed by atoms with Gasteiger partial charge in [0.05, 0.1) is 19.0 Å². The molecule has 0 fully saturated rings. The summed E-state index contributed by atoms with van der Waals surface area (Å²) in [4.78, 5) is 24.7. The molecule has 0 spiro atoms. The number of nitrogens with one attached hydrogen (secondary N) is 1. The van der Waals surface area contributed by atoms with Gasteiger partial charge in [0.1, 0.15) is 0 Å². The maximum Gasteiger partial charge on any atom is 0.316 e. The third-order valence-corrected chi connectivity index (χ3v) is 4.48. The molecule has 1 amide bonds. The van der Waals surface area contributed by atoms with Gasteiger partial charge < -0.3 is 19.5 Å². The number of rotatable bonds is 6. The number of esters is 1. The lowest BCUT2D eigenvalue weighted by Crippen LogP contribution is -2.21. The first-order valence-corrected chi connectivity index (χ1v) is 9.22.